The van der Waals surface area contributed by atoms with E-state index in [1.807, 2.05) is 50.2 Å². The van der Waals surface area contributed by atoms with Gasteiger partial charge in [0.25, 0.3) is 0 Å². The van der Waals surface area contributed by atoms with Crippen molar-refractivity contribution in [3.8, 4) is 11.5 Å². The topological polar surface area (TPSA) is 129 Å². The van der Waals surface area contributed by atoms with Crippen LogP contribution < -0.4 is 20.1 Å². The predicted octanol–water partition coefficient (Wildman–Crippen LogP) is 8.50. The van der Waals surface area contributed by atoms with Gasteiger partial charge in [-0.1, -0.05) is 79.7 Å². The highest BCUT2D eigenvalue weighted by Gasteiger charge is 2.35. The summed E-state index contributed by atoms with van der Waals surface area (Å²) in [6.07, 6.45) is -0.101. The molecule has 0 aromatic heterocycles. The highest BCUT2D eigenvalue weighted by Crippen LogP contribution is 2.30. The van der Waals surface area contributed by atoms with Crippen molar-refractivity contribution in [1.82, 2.24) is 10.6 Å². The number of ketones is 2. The molecule has 0 saturated heterocycles. The lowest BCUT2D eigenvalue weighted by molar-refractivity contribution is -0.139. The van der Waals surface area contributed by atoms with Crippen LogP contribution in [0.15, 0.2) is 66.7 Å². The number of hydrogen-bond donors (Lipinski definition) is 2. The van der Waals surface area contributed by atoms with Crippen LogP contribution in [0.2, 0.25) is 0 Å². The summed E-state index contributed by atoms with van der Waals surface area (Å²) in [6.45, 7) is 14.8. The lowest BCUT2D eigenvalue weighted by atomic mass is 9.80. The van der Waals surface area contributed by atoms with Crippen molar-refractivity contribution in [2.75, 3.05) is 20.8 Å². The van der Waals surface area contributed by atoms with Crippen molar-refractivity contribution in [3.63, 3.8) is 0 Å². The van der Waals surface area contributed by atoms with Gasteiger partial charge >= 0.3 is 0 Å². The Bertz CT molecular complexity index is 1830. The van der Waals surface area contributed by atoms with E-state index in [1.165, 1.54) is 0 Å². The van der Waals surface area contributed by atoms with Gasteiger partial charge in [0.2, 0.25) is 11.8 Å². The molecule has 0 spiro atoms. The van der Waals surface area contributed by atoms with Crippen LogP contribution in [0, 0.1) is 27.9 Å². The van der Waals surface area contributed by atoms with Crippen molar-refractivity contribution < 1.29 is 46.9 Å². The molecule has 0 aliphatic carbocycles. The van der Waals surface area contributed by atoms with E-state index in [9.17, 15) is 28.0 Å². The number of rotatable bonds is 23. The fraction of sp³-hybridized carbons (Fsp3) is 0.532. The molecule has 10 nitrogen and oxygen atoms in total. The Kier molecular flexibility index (Phi) is 18.2. The molecule has 0 saturated carbocycles. The Morgan fingerprint density at radius 3 is 1.75 bits per heavy atom. The normalized spacial score (nSPS) is 13.6. The molecule has 3 aromatic rings. The molecule has 0 heterocycles. The summed E-state index contributed by atoms with van der Waals surface area (Å²) in [4.78, 5) is 53.9. The molecule has 0 bridgehead atoms. The first-order valence-corrected chi connectivity index (χ1v) is 20.2. The largest absolute Gasteiger partial charge is 0.497 e. The van der Waals surface area contributed by atoms with Gasteiger partial charge in [0.1, 0.15) is 35.0 Å². The number of nitrogens with one attached hydrogen (secondary N) is 2. The number of methoxy groups -OCH3 is 2. The third-order valence-electron chi connectivity index (χ3n) is 10.1. The van der Waals surface area contributed by atoms with E-state index < -0.39 is 46.1 Å². The summed E-state index contributed by atoms with van der Waals surface area (Å²) >= 11 is 0. The molecular weight excluding hydrogens is 759 g/mol. The molecule has 0 radical (unpaired) electrons. The van der Waals surface area contributed by atoms with Gasteiger partial charge in [0.05, 0.1) is 40.1 Å². The lowest BCUT2D eigenvalue weighted by Gasteiger charge is -2.31. The molecule has 59 heavy (non-hydrogen) atoms. The molecule has 0 unspecified atom stereocenters. The Balaban J connectivity index is 1.76. The van der Waals surface area contributed by atoms with Crippen LogP contribution in [0.1, 0.15) is 104 Å². The van der Waals surface area contributed by atoms with E-state index in [4.69, 9.17) is 18.9 Å². The molecular formula is C47H64F2N2O8. The third kappa shape index (κ3) is 16.8. The minimum atomic E-state index is -1.06. The van der Waals surface area contributed by atoms with E-state index in [0.29, 0.717) is 24.3 Å². The fourth-order valence-electron chi connectivity index (χ4n) is 6.08. The molecule has 0 fully saturated rings. The summed E-state index contributed by atoms with van der Waals surface area (Å²) in [5.74, 6) is -0.796. The van der Waals surface area contributed by atoms with Crippen LogP contribution in [-0.2, 0) is 48.3 Å². The quantitative estimate of drug-likeness (QED) is 0.0975. The summed E-state index contributed by atoms with van der Waals surface area (Å²) < 4.78 is 51.6. The Hall–Kier alpha value is -4.68. The van der Waals surface area contributed by atoms with Crippen LogP contribution >= 0.6 is 0 Å². The second-order valence-corrected chi connectivity index (χ2v) is 18.0. The number of carbonyl (C=O) groups excluding carboxylic acids is 4. The third-order valence-corrected chi connectivity index (χ3v) is 10.1. The van der Waals surface area contributed by atoms with Crippen LogP contribution in [0.4, 0.5) is 8.78 Å². The number of amides is 2. The van der Waals surface area contributed by atoms with Crippen LogP contribution in [0.25, 0.3) is 0 Å². The van der Waals surface area contributed by atoms with Gasteiger partial charge in [-0.2, -0.15) is 0 Å². The zero-order valence-corrected chi connectivity index (χ0v) is 36.5. The molecule has 0 aliphatic heterocycles. The second kappa shape index (κ2) is 22.1. The summed E-state index contributed by atoms with van der Waals surface area (Å²) in [7, 11) is 3.17. The van der Waals surface area contributed by atoms with E-state index in [-0.39, 0.29) is 74.4 Å². The molecule has 2 amide bonds. The monoisotopic (exact) mass is 822 g/mol. The first-order chi connectivity index (χ1) is 27.6. The van der Waals surface area contributed by atoms with E-state index in [1.54, 1.807) is 67.9 Å². The number of carbonyl (C=O) groups is 4. The Morgan fingerprint density at radius 1 is 0.678 bits per heavy atom. The summed E-state index contributed by atoms with van der Waals surface area (Å²) in [5.41, 5.74) is -0.230. The van der Waals surface area contributed by atoms with Crippen molar-refractivity contribution >= 4 is 23.4 Å². The fourth-order valence-corrected chi connectivity index (χ4v) is 6.08. The van der Waals surface area contributed by atoms with Gasteiger partial charge in [-0.15, -0.1) is 0 Å². The first kappa shape index (κ1) is 48.7. The van der Waals surface area contributed by atoms with Crippen molar-refractivity contribution in [3.05, 3.63) is 95.1 Å². The minimum absolute atomic E-state index is 0.00277. The zero-order chi connectivity index (χ0) is 44.0. The Morgan fingerprint density at radius 2 is 1.20 bits per heavy atom. The van der Waals surface area contributed by atoms with E-state index >= 15 is 0 Å². The number of Topliss-reactive ketones (excluding diaryl/α,β-unsaturated/α-hetero) is 2. The smallest absolute Gasteiger partial charge is 0.225 e. The zero-order valence-electron chi connectivity index (χ0n) is 36.5. The molecule has 0 aliphatic rings. The average Bonchev–Trinajstić information content (AvgIpc) is 3.17. The van der Waals surface area contributed by atoms with Crippen LogP contribution in [-0.4, -0.2) is 62.4 Å². The molecule has 324 valence electrons. The van der Waals surface area contributed by atoms with E-state index in [2.05, 4.69) is 10.6 Å². The summed E-state index contributed by atoms with van der Waals surface area (Å²) in [5, 5.41) is 5.90. The van der Waals surface area contributed by atoms with Gasteiger partial charge in [-0.3, -0.25) is 19.2 Å². The van der Waals surface area contributed by atoms with E-state index in [0.717, 1.165) is 29.3 Å². The maximum atomic E-state index is 14.6. The standard InChI is InChI=1S/C47H64F2N2O8/c1-45(2,3)43(54)50-35(26-33-25-34(48)15-20-39(33)49)27-36(52)21-23-47(7,8)24-22-41(53)42(59-29-32-13-18-38(57-10)19-14-32)40(51-44(55)46(4,5)6)30-58-28-31-11-16-37(56-9)17-12-31/h11-20,25,35,40,42H,21-24,26-30H2,1-10H3,(H,50,54)(H,51,55)/t35-,40+,42-/m0/s1. The predicted molar refractivity (Wildman–Crippen MR) is 224 cm³/mol. The van der Waals surface area contributed by atoms with Crippen LogP contribution in [0.3, 0.4) is 0 Å². The highest BCUT2D eigenvalue weighted by molar-refractivity contribution is 5.86. The highest BCUT2D eigenvalue weighted by atomic mass is 19.1. The maximum absolute atomic E-state index is 14.6. The first-order valence-electron chi connectivity index (χ1n) is 20.2. The minimum Gasteiger partial charge on any atom is -0.497 e. The summed E-state index contributed by atoms with van der Waals surface area (Å²) in [6, 6.07) is 16.3. The molecule has 3 rings (SSSR count). The molecule has 2 N–H and O–H groups in total. The molecule has 12 heteroatoms. The second-order valence-electron chi connectivity index (χ2n) is 18.0. The molecule has 3 aromatic carbocycles. The molecule has 3 atom stereocenters. The average molecular weight is 823 g/mol. The maximum Gasteiger partial charge on any atom is 0.225 e. The van der Waals surface area contributed by atoms with Gasteiger partial charge in [0, 0.05) is 36.1 Å². The van der Waals surface area contributed by atoms with Crippen molar-refractivity contribution in [1.29, 1.82) is 0 Å². The van der Waals surface area contributed by atoms with Gasteiger partial charge in [-0.05, 0) is 83.8 Å². The van der Waals surface area contributed by atoms with Crippen LogP contribution in [0.5, 0.6) is 11.5 Å². The van der Waals surface area contributed by atoms with Gasteiger partial charge < -0.3 is 29.6 Å². The van der Waals surface area contributed by atoms with Crippen molar-refractivity contribution in [2.24, 2.45) is 16.2 Å². The number of ether oxygens (including phenoxy) is 4. The number of hydrogen-bond acceptors (Lipinski definition) is 8. The lowest BCUT2D eigenvalue weighted by Crippen LogP contribution is -2.53. The van der Waals surface area contributed by atoms with Gasteiger partial charge in [-0.25, -0.2) is 8.78 Å². The SMILES string of the molecule is COc1ccc(COC[C@@H](NC(=O)C(C)(C)C)[C@H](OCc2ccc(OC)cc2)C(=O)CCC(C)(C)CCC(=O)C[C@H](Cc2cc(F)ccc2F)NC(=O)C(C)(C)C)cc1. The number of halogens is 2. The van der Waals surface area contributed by atoms with Gasteiger partial charge in [0.15, 0.2) is 5.78 Å². The van der Waals surface area contributed by atoms with Crippen molar-refractivity contribution in [2.45, 2.75) is 125 Å². The number of benzene rings is 3. The Labute approximate surface area is 349 Å².